The molecule has 15 nitrogen and oxygen atoms in total. The Balaban J connectivity index is 0.000000308. The second kappa shape index (κ2) is 21.5. The number of thioether (sulfide) groups is 1. The minimum absolute atomic E-state index is 0.0111. The van der Waals surface area contributed by atoms with E-state index in [0.717, 1.165) is 34.9 Å². The van der Waals surface area contributed by atoms with Crippen molar-refractivity contribution in [3.8, 4) is 5.88 Å². The van der Waals surface area contributed by atoms with E-state index in [0.29, 0.717) is 29.2 Å². The molecule has 4 rings (SSSR count). The Bertz CT molecular complexity index is 1910. The lowest BCUT2D eigenvalue weighted by Crippen LogP contribution is -2.42. The second-order valence-electron chi connectivity index (χ2n) is 13.2. The number of hydrogen-bond acceptors (Lipinski definition) is 15. The molecule has 0 saturated carbocycles. The number of ether oxygens (including phenoxy) is 2. The van der Waals surface area contributed by atoms with Gasteiger partial charge < -0.3 is 29.8 Å². The van der Waals surface area contributed by atoms with Gasteiger partial charge in [0.05, 0.1) is 29.7 Å². The maximum atomic E-state index is 13.1. The molecule has 0 bridgehead atoms. The third-order valence-electron chi connectivity index (χ3n) is 7.36. The fourth-order valence-corrected chi connectivity index (χ4v) is 7.94. The quantitative estimate of drug-likeness (QED) is 0.0939. The van der Waals surface area contributed by atoms with Crippen molar-refractivity contribution in [2.24, 2.45) is 12.2 Å². The fraction of sp³-hybridized carbons (Fsp3) is 0.636. The predicted molar refractivity (Wildman–Crippen MR) is 213 cm³/mol. The molecule has 322 valence electrons. The Morgan fingerprint density at radius 3 is 2.26 bits per heavy atom. The summed E-state index contributed by atoms with van der Waals surface area (Å²) in [6.45, 7) is 13.0. The van der Waals surface area contributed by atoms with Crippen LogP contribution in [0.2, 0.25) is 0 Å². The van der Waals surface area contributed by atoms with Gasteiger partial charge in [0.25, 0.3) is 0 Å². The van der Waals surface area contributed by atoms with E-state index in [4.69, 9.17) is 21.2 Å². The first-order chi connectivity index (χ1) is 26.4. The van der Waals surface area contributed by atoms with Crippen LogP contribution in [0.5, 0.6) is 5.88 Å². The van der Waals surface area contributed by atoms with Crippen LogP contribution < -0.4 is 20.3 Å². The minimum Gasteiger partial charge on any atom is -0.417 e. The summed E-state index contributed by atoms with van der Waals surface area (Å²) in [4.78, 5) is 32.5. The number of methoxy groups -OCH3 is 1. The third-order valence-corrected chi connectivity index (χ3v) is 10.8. The first-order valence-electron chi connectivity index (χ1n) is 17.2. The standard InChI is InChI=1S/C12H18ClNO2S.C12H14F5N3O4S.C9H17N5S/c1-8-7-17-10(3)12(8)14(11(15)5-13)9(2)6-16-4;1-11(2)4-7(19-24-11)25(21,22)5-6-8(12(15,16)17)18-20(3)9(6)23-10(13)14;1-5-10-7-12-8(11-6(2)3)14-9(13-7)15-4/h7,9H,5-6H2,1-4H3;10H,4-5H2,1-3H3;6H,5H2,1-4H3,(H2,10,11,12,13,14). The predicted octanol–water partition coefficient (Wildman–Crippen LogP) is 7.28. The molecule has 1 amide bonds. The molecule has 57 heavy (non-hydrogen) atoms. The lowest BCUT2D eigenvalue weighted by Gasteiger charge is -2.29. The number of nitrogens with one attached hydrogen (secondary N) is 2. The first-order valence-corrected chi connectivity index (χ1v) is 21.5. The zero-order valence-corrected chi connectivity index (χ0v) is 36.6. The topological polar surface area (TPSA) is 175 Å². The van der Waals surface area contributed by atoms with Crippen LogP contribution in [0, 0.1) is 13.8 Å². The van der Waals surface area contributed by atoms with Crippen molar-refractivity contribution in [3.05, 3.63) is 27.1 Å². The SMILES string of the molecule is CCNc1nc(NC(C)C)nc(SC)n1.COCC(C)N(C(=O)CCl)c1c(C)csc1C.Cn1nc(C(F)(F)F)c(CS(=O)(=O)C2=NOC(C)(C)C2)c1OC(F)F. The van der Waals surface area contributed by atoms with Crippen LogP contribution in [0.3, 0.4) is 0 Å². The number of thiophene rings is 1. The molecular weight excluding hydrogens is 845 g/mol. The van der Waals surface area contributed by atoms with Crippen LogP contribution in [-0.2, 0) is 43.2 Å². The number of halogens is 6. The number of alkyl halides is 6. The molecule has 1 unspecified atom stereocenters. The van der Waals surface area contributed by atoms with Gasteiger partial charge in [-0.3, -0.25) is 4.79 Å². The third kappa shape index (κ3) is 14.7. The van der Waals surface area contributed by atoms with Crippen LogP contribution in [0.4, 0.5) is 39.5 Å². The van der Waals surface area contributed by atoms with Gasteiger partial charge in [-0.1, -0.05) is 16.9 Å². The van der Waals surface area contributed by atoms with Crippen molar-refractivity contribution in [1.82, 2.24) is 24.7 Å². The van der Waals surface area contributed by atoms with Crippen molar-refractivity contribution in [1.29, 1.82) is 0 Å². The normalized spacial score (nSPS) is 14.2. The number of nitrogens with zero attached hydrogens (tertiary/aromatic N) is 7. The van der Waals surface area contributed by atoms with Crippen molar-refractivity contribution in [2.45, 2.75) is 103 Å². The van der Waals surface area contributed by atoms with E-state index in [1.165, 1.54) is 25.6 Å². The summed E-state index contributed by atoms with van der Waals surface area (Å²) in [5, 5.41) is 15.0. The van der Waals surface area contributed by atoms with Gasteiger partial charge in [0, 0.05) is 38.0 Å². The van der Waals surface area contributed by atoms with E-state index in [1.54, 1.807) is 23.3 Å². The van der Waals surface area contributed by atoms with Gasteiger partial charge in [0.2, 0.25) is 23.7 Å². The zero-order chi connectivity index (χ0) is 43.5. The Kier molecular flexibility index (Phi) is 18.7. The molecule has 0 fully saturated rings. The molecular formula is C33H49ClF5N9O6S3. The van der Waals surface area contributed by atoms with E-state index < -0.39 is 56.2 Å². The zero-order valence-electron chi connectivity index (χ0n) is 33.4. The highest BCUT2D eigenvalue weighted by Gasteiger charge is 2.43. The highest BCUT2D eigenvalue weighted by Crippen LogP contribution is 2.38. The number of aryl methyl sites for hydroxylation is 3. The molecule has 1 atom stereocenters. The number of rotatable bonds is 14. The van der Waals surface area contributed by atoms with Gasteiger partial charge >= 0.3 is 12.8 Å². The lowest BCUT2D eigenvalue weighted by molar-refractivity contribution is -0.142. The van der Waals surface area contributed by atoms with Crippen LogP contribution in [-0.4, -0.2) is 101 Å². The largest absolute Gasteiger partial charge is 0.435 e. The first kappa shape index (κ1) is 49.6. The Labute approximate surface area is 342 Å². The highest BCUT2D eigenvalue weighted by molar-refractivity contribution is 8.05. The monoisotopic (exact) mass is 893 g/mol. The smallest absolute Gasteiger partial charge is 0.417 e. The maximum Gasteiger partial charge on any atom is 0.435 e. The molecule has 24 heteroatoms. The molecule has 0 radical (unpaired) electrons. The van der Waals surface area contributed by atoms with Gasteiger partial charge in [-0.15, -0.1) is 22.9 Å². The van der Waals surface area contributed by atoms with Crippen LogP contribution in [0.15, 0.2) is 15.7 Å². The van der Waals surface area contributed by atoms with E-state index in [1.807, 2.05) is 34.0 Å². The Hall–Kier alpha value is -3.54. The minimum atomic E-state index is -5.06. The Morgan fingerprint density at radius 2 is 1.81 bits per heavy atom. The summed E-state index contributed by atoms with van der Waals surface area (Å²) in [6, 6.07) is 0.301. The molecule has 2 N–H and O–H groups in total. The summed E-state index contributed by atoms with van der Waals surface area (Å²) in [6.07, 6.45) is -3.27. The second-order valence-corrected chi connectivity index (χ2v) is 17.3. The molecule has 4 heterocycles. The van der Waals surface area contributed by atoms with Gasteiger partial charge in [0.15, 0.2) is 25.7 Å². The van der Waals surface area contributed by atoms with E-state index in [-0.39, 0.29) is 24.2 Å². The molecule has 0 saturated heterocycles. The van der Waals surface area contributed by atoms with Crippen molar-refractivity contribution in [3.63, 3.8) is 0 Å². The van der Waals surface area contributed by atoms with Crippen molar-refractivity contribution < 1.29 is 49.5 Å². The number of oxime groups is 1. The van der Waals surface area contributed by atoms with Gasteiger partial charge in [-0.2, -0.15) is 42.0 Å². The number of amides is 1. The van der Waals surface area contributed by atoms with Gasteiger partial charge in [-0.25, -0.2) is 13.1 Å². The number of sulfone groups is 1. The Morgan fingerprint density at radius 1 is 1.18 bits per heavy atom. The van der Waals surface area contributed by atoms with Gasteiger partial charge in [0.1, 0.15) is 11.5 Å². The molecule has 0 spiro atoms. The average Bonchev–Trinajstić information content (AvgIpc) is 3.75. The number of anilines is 3. The van der Waals surface area contributed by atoms with Crippen LogP contribution in [0.1, 0.15) is 69.7 Å². The summed E-state index contributed by atoms with van der Waals surface area (Å²) in [5.41, 5.74) is -1.48. The molecule has 0 aliphatic carbocycles. The summed E-state index contributed by atoms with van der Waals surface area (Å²) in [7, 11) is -1.80. The van der Waals surface area contributed by atoms with Crippen molar-refractivity contribution >= 4 is 73.1 Å². The molecule has 3 aromatic rings. The summed E-state index contributed by atoms with van der Waals surface area (Å²) < 4.78 is 98.5. The lowest BCUT2D eigenvalue weighted by atomic mass is 10.1. The fourth-order valence-electron chi connectivity index (χ4n) is 5.09. The number of carbonyl (C=O) groups is 1. The summed E-state index contributed by atoms with van der Waals surface area (Å²) in [5.74, 6) is -1.08. The molecule has 1 aliphatic rings. The van der Waals surface area contributed by atoms with Crippen molar-refractivity contribution in [2.75, 3.05) is 47.9 Å². The molecule has 0 aromatic carbocycles. The molecule has 3 aromatic heterocycles. The molecule has 1 aliphatic heterocycles. The summed E-state index contributed by atoms with van der Waals surface area (Å²) >= 11 is 8.84. The highest BCUT2D eigenvalue weighted by atomic mass is 35.5. The number of carbonyl (C=O) groups excluding carboxylic acids is 1. The van der Waals surface area contributed by atoms with E-state index in [9.17, 15) is 35.2 Å². The van der Waals surface area contributed by atoms with E-state index >= 15 is 0 Å². The maximum absolute atomic E-state index is 13.1. The number of hydrogen-bond donors (Lipinski definition) is 2. The van der Waals surface area contributed by atoms with E-state index in [2.05, 4.69) is 59.8 Å². The van der Waals surface area contributed by atoms with Gasteiger partial charge in [-0.05, 0) is 72.6 Å². The van der Waals surface area contributed by atoms with Crippen LogP contribution in [0.25, 0.3) is 0 Å². The number of aromatic nitrogens is 5. The van der Waals surface area contributed by atoms with Crippen LogP contribution >= 0.6 is 34.7 Å². The average molecular weight is 894 g/mol.